The van der Waals surface area contributed by atoms with Crippen LogP contribution in [-0.2, 0) is 0 Å². The smallest absolute Gasteiger partial charge is 0.0192 e. The molecule has 2 aliphatic rings. The molecule has 0 bridgehead atoms. The van der Waals surface area contributed by atoms with Gasteiger partial charge in [0.2, 0.25) is 0 Å². The third kappa shape index (κ3) is 2.23. The van der Waals surface area contributed by atoms with Gasteiger partial charge in [0.05, 0.1) is 0 Å². The zero-order valence-electron chi connectivity index (χ0n) is 8.76. The van der Waals surface area contributed by atoms with Gasteiger partial charge in [-0.15, -0.1) is 0 Å². The molecule has 1 aliphatic carbocycles. The molecular formula is C11H22N2. The summed E-state index contributed by atoms with van der Waals surface area (Å²) in [5.74, 6) is 0. The Morgan fingerprint density at radius 2 is 2.15 bits per heavy atom. The first kappa shape index (κ1) is 9.47. The number of nitrogens with zero attached hydrogens (tertiary/aromatic N) is 1. The fraction of sp³-hybridized carbons (Fsp3) is 1.00. The van der Waals surface area contributed by atoms with Crippen molar-refractivity contribution in [3.05, 3.63) is 0 Å². The van der Waals surface area contributed by atoms with E-state index in [9.17, 15) is 0 Å². The largest absolute Gasteiger partial charge is 0.313 e. The molecule has 2 heteroatoms. The van der Waals surface area contributed by atoms with Gasteiger partial charge in [0.1, 0.15) is 0 Å². The van der Waals surface area contributed by atoms with Crippen LogP contribution in [0.15, 0.2) is 0 Å². The third-order valence-corrected chi connectivity index (χ3v) is 3.59. The molecule has 2 nitrogen and oxygen atoms in total. The van der Waals surface area contributed by atoms with Crippen molar-refractivity contribution >= 4 is 0 Å². The highest BCUT2D eigenvalue weighted by Gasteiger charge is 2.27. The molecule has 1 saturated carbocycles. The van der Waals surface area contributed by atoms with Crippen LogP contribution < -0.4 is 5.32 Å². The van der Waals surface area contributed by atoms with E-state index in [1.54, 1.807) is 0 Å². The first-order chi connectivity index (χ1) is 6.40. The lowest BCUT2D eigenvalue weighted by Crippen LogP contribution is -2.45. The maximum atomic E-state index is 3.62. The Kier molecular flexibility index (Phi) is 3.23. The Balaban J connectivity index is 1.85. The normalized spacial score (nSPS) is 32.5. The molecule has 0 aromatic carbocycles. The molecule has 2 fully saturated rings. The van der Waals surface area contributed by atoms with Gasteiger partial charge in [-0.3, -0.25) is 4.90 Å². The lowest BCUT2D eigenvalue weighted by Gasteiger charge is -2.38. The van der Waals surface area contributed by atoms with E-state index in [-0.39, 0.29) is 0 Å². The van der Waals surface area contributed by atoms with E-state index in [0.29, 0.717) is 0 Å². The number of rotatable bonds is 2. The van der Waals surface area contributed by atoms with Crippen molar-refractivity contribution in [2.45, 2.75) is 51.1 Å². The van der Waals surface area contributed by atoms with E-state index < -0.39 is 0 Å². The molecule has 1 heterocycles. The van der Waals surface area contributed by atoms with Crippen molar-refractivity contribution in [2.24, 2.45) is 0 Å². The molecule has 13 heavy (non-hydrogen) atoms. The number of hydrogen-bond donors (Lipinski definition) is 1. The Labute approximate surface area is 81.7 Å². The van der Waals surface area contributed by atoms with Crippen molar-refractivity contribution in [1.29, 1.82) is 0 Å². The fourth-order valence-electron chi connectivity index (χ4n) is 2.38. The van der Waals surface area contributed by atoms with Gasteiger partial charge in [-0.1, -0.05) is 13.3 Å². The molecule has 76 valence electrons. The zero-order valence-corrected chi connectivity index (χ0v) is 8.76. The van der Waals surface area contributed by atoms with E-state index in [0.717, 1.165) is 12.1 Å². The highest BCUT2D eigenvalue weighted by atomic mass is 15.2. The van der Waals surface area contributed by atoms with Crippen LogP contribution >= 0.6 is 0 Å². The Hall–Kier alpha value is -0.0800. The Morgan fingerprint density at radius 1 is 1.31 bits per heavy atom. The minimum atomic E-state index is 0.753. The van der Waals surface area contributed by atoms with Gasteiger partial charge in [0.15, 0.2) is 0 Å². The van der Waals surface area contributed by atoms with Gasteiger partial charge < -0.3 is 5.32 Å². The van der Waals surface area contributed by atoms with Gasteiger partial charge in [0.25, 0.3) is 0 Å². The predicted molar refractivity (Wildman–Crippen MR) is 55.9 cm³/mol. The first-order valence-electron chi connectivity index (χ1n) is 5.87. The van der Waals surface area contributed by atoms with E-state index in [1.807, 2.05) is 0 Å². The van der Waals surface area contributed by atoms with Crippen molar-refractivity contribution in [2.75, 3.05) is 19.6 Å². The average molecular weight is 182 g/mol. The molecular weight excluding hydrogens is 160 g/mol. The maximum absolute atomic E-state index is 3.62. The van der Waals surface area contributed by atoms with Gasteiger partial charge in [-0.05, 0) is 38.8 Å². The van der Waals surface area contributed by atoms with Crippen molar-refractivity contribution < 1.29 is 0 Å². The molecule has 0 amide bonds. The standard InChI is InChI=1S/C11H22N2/c1-2-10-9-13(8-4-7-12-10)11-5-3-6-11/h10-12H,2-9H2,1H3. The lowest BCUT2D eigenvalue weighted by atomic mass is 9.91. The van der Waals surface area contributed by atoms with Crippen LogP contribution in [-0.4, -0.2) is 36.6 Å². The number of nitrogens with one attached hydrogen (secondary N) is 1. The van der Waals surface area contributed by atoms with Gasteiger partial charge in [0, 0.05) is 18.6 Å². The second-order valence-corrected chi connectivity index (χ2v) is 4.49. The van der Waals surface area contributed by atoms with Crippen molar-refractivity contribution in [1.82, 2.24) is 10.2 Å². The van der Waals surface area contributed by atoms with Gasteiger partial charge in [-0.2, -0.15) is 0 Å². The summed E-state index contributed by atoms with van der Waals surface area (Å²) >= 11 is 0. The molecule has 1 aliphatic heterocycles. The van der Waals surface area contributed by atoms with Crippen LogP contribution in [0.3, 0.4) is 0 Å². The van der Waals surface area contributed by atoms with Gasteiger partial charge >= 0.3 is 0 Å². The molecule has 1 atom stereocenters. The highest BCUT2D eigenvalue weighted by molar-refractivity contribution is 4.84. The molecule has 0 spiro atoms. The summed E-state index contributed by atoms with van der Waals surface area (Å²) in [4.78, 5) is 2.72. The van der Waals surface area contributed by atoms with Crippen LogP contribution in [0.5, 0.6) is 0 Å². The van der Waals surface area contributed by atoms with Crippen molar-refractivity contribution in [3.8, 4) is 0 Å². The number of hydrogen-bond acceptors (Lipinski definition) is 2. The van der Waals surface area contributed by atoms with E-state index >= 15 is 0 Å². The highest BCUT2D eigenvalue weighted by Crippen LogP contribution is 2.25. The average Bonchev–Trinajstić information content (AvgIpc) is 2.27. The second-order valence-electron chi connectivity index (χ2n) is 4.49. The summed E-state index contributed by atoms with van der Waals surface area (Å²) in [6.07, 6.45) is 6.99. The molecule has 1 saturated heterocycles. The predicted octanol–water partition coefficient (Wildman–Crippen LogP) is 1.61. The molecule has 1 N–H and O–H groups in total. The molecule has 2 rings (SSSR count). The quantitative estimate of drug-likeness (QED) is 0.698. The second kappa shape index (κ2) is 4.43. The molecule has 0 radical (unpaired) electrons. The summed E-state index contributed by atoms with van der Waals surface area (Å²) in [6, 6.07) is 1.69. The molecule has 0 aromatic rings. The summed E-state index contributed by atoms with van der Waals surface area (Å²) in [5, 5.41) is 3.62. The summed E-state index contributed by atoms with van der Waals surface area (Å²) in [5.41, 5.74) is 0. The van der Waals surface area contributed by atoms with Gasteiger partial charge in [-0.25, -0.2) is 0 Å². The van der Waals surface area contributed by atoms with E-state index in [1.165, 1.54) is 51.7 Å². The van der Waals surface area contributed by atoms with Crippen LogP contribution in [0.25, 0.3) is 0 Å². The van der Waals surface area contributed by atoms with Crippen molar-refractivity contribution in [3.63, 3.8) is 0 Å². The summed E-state index contributed by atoms with van der Waals surface area (Å²) < 4.78 is 0. The van der Waals surface area contributed by atoms with Crippen LogP contribution in [0.4, 0.5) is 0 Å². The monoisotopic (exact) mass is 182 g/mol. The van der Waals surface area contributed by atoms with E-state index in [2.05, 4.69) is 17.1 Å². The Bertz CT molecular complexity index is 154. The molecule has 1 unspecified atom stereocenters. The lowest BCUT2D eigenvalue weighted by molar-refractivity contribution is 0.124. The van der Waals surface area contributed by atoms with Crippen LogP contribution in [0, 0.1) is 0 Å². The Morgan fingerprint density at radius 3 is 2.77 bits per heavy atom. The minimum absolute atomic E-state index is 0.753. The molecule has 0 aromatic heterocycles. The topological polar surface area (TPSA) is 15.3 Å². The van der Waals surface area contributed by atoms with E-state index in [4.69, 9.17) is 0 Å². The van der Waals surface area contributed by atoms with Crippen LogP contribution in [0.2, 0.25) is 0 Å². The summed E-state index contributed by atoms with van der Waals surface area (Å²) in [6.45, 7) is 6.14. The zero-order chi connectivity index (χ0) is 9.10. The maximum Gasteiger partial charge on any atom is 0.0192 e. The fourth-order valence-corrected chi connectivity index (χ4v) is 2.38. The SMILES string of the molecule is CCC1CN(C2CCC2)CCCN1. The summed E-state index contributed by atoms with van der Waals surface area (Å²) in [7, 11) is 0. The van der Waals surface area contributed by atoms with Crippen LogP contribution in [0.1, 0.15) is 39.0 Å². The minimum Gasteiger partial charge on any atom is -0.313 e. The first-order valence-corrected chi connectivity index (χ1v) is 5.87. The third-order valence-electron chi connectivity index (χ3n) is 3.59.